The second-order valence-electron chi connectivity index (χ2n) is 21.9. The summed E-state index contributed by atoms with van der Waals surface area (Å²) in [6, 6.07) is 65.7. The summed E-state index contributed by atoms with van der Waals surface area (Å²) in [4.78, 5) is 9.86. The molecule has 0 spiro atoms. The Kier molecular flexibility index (Phi) is 11.4. The van der Waals surface area contributed by atoms with Gasteiger partial charge in [-0.3, -0.25) is 4.57 Å². The summed E-state index contributed by atoms with van der Waals surface area (Å²) < 4.78 is 9.19. The predicted molar refractivity (Wildman–Crippen MR) is 290 cm³/mol. The van der Waals surface area contributed by atoms with Crippen LogP contribution in [0, 0.1) is 0 Å². The number of hydrogen-bond acceptors (Lipinski definition) is 4. The topological polar surface area (TPSA) is 33.5 Å². The molecule has 0 saturated heterocycles. The Hall–Kier alpha value is -7.37. The third-order valence-electron chi connectivity index (χ3n) is 14.4. The lowest BCUT2D eigenvalue weighted by atomic mass is 9.78. The van der Waals surface area contributed by atoms with E-state index in [1.54, 1.807) is 0 Å². The average molecular weight is 905 g/mol. The third kappa shape index (κ3) is 8.72. The van der Waals surface area contributed by atoms with E-state index >= 15 is 0 Å². The fraction of sp³-hybridized carbons (Fsp3) is 0.234. The molecule has 5 heteroatoms. The largest absolute Gasteiger partial charge is 0.457 e. The normalized spacial score (nSPS) is 13.6. The molecule has 0 fully saturated rings. The Morgan fingerprint density at radius 3 is 1.65 bits per heavy atom. The SMILES string of the molecule is CC(C)(C)c1cc(N2CN(c3cccc(Oc4ccc5c6cc(C(C)(C)c7ccccc7)ccc6n(-c6cc(C(C)(C)c7ccccc7)ccn6)c5c4)c3)C=C2c2ccccc2)cc(C(C)(C)C)c1. The second-order valence-corrected chi connectivity index (χ2v) is 21.9. The van der Waals surface area contributed by atoms with Gasteiger partial charge in [-0.05, 0) is 110 Å². The van der Waals surface area contributed by atoms with E-state index in [1.165, 1.54) is 50.0 Å². The van der Waals surface area contributed by atoms with Crippen LogP contribution in [-0.2, 0) is 21.7 Å². The highest BCUT2D eigenvalue weighted by atomic mass is 16.5. The molecule has 1 aliphatic heterocycles. The van der Waals surface area contributed by atoms with Gasteiger partial charge in [0, 0.05) is 57.5 Å². The van der Waals surface area contributed by atoms with Gasteiger partial charge in [0.25, 0.3) is 0 Å². The Morgan fingerprint density at radius 2 is 1.03 bits per heavy atom. The van der Waals surface area contributed by atoms with Gasteiger partial charge < -0.3 is 14.5 Å². The number of rotatable bonds is 10. The Balaban J connectivity index is 1.04. The van der Waals surface area contributed by atoms with Gasteiger partial charge in [-0.1, -0.05) is 178 Å². The van der Waals surface area contributed by atoms with E-state index < -0.39 is 0 Å². The van der Waals surface area contributed by atoms with Crippen molar-refractivity contribution < 1.29 is 4.74 Å². The highest BCUT2D eigenvalue weighted by Crippen LogP contribution is 2.43. The number of aromatic nitrogens is 2. The molecule has 10 rings (SSSR count). The van der Waals surface area contributed by atoms with Crippen LogP contribution < -0.4 is 14.5 Å². The van der Waals surface area contributed by atoms with Crippen LogP contribution in [0.4, 0.5) is 11.4 Å². The fourth-order valence-electron chi connectivity index (χ4n) is 9.87. The summed E-state index contributed by atoms with van der Waals surface area (Å²) in [5.41, 5.74) is 13.9. The first kappa shape index (κ1) is 45.4. The third-order valence-corrected chi connectivity index (χ3v) is 14.4. The Morgan fingerprint density at radius 1 is 0.435 bits per heavy atom. The summed E-state index contributed by atoms with van der Waals surface area (Å²) in [6.07, 6.45) is 4.24. The maximum absolute atomic E-state index is 6.88. The molecule has 3 heterocycles. The second kappa shape index (κ2) is 17.3. The van der Waals surface area contributed by atoms with Crippen LogP contribution in [0.1, 0.15) is 108 Å². The molecule has 0 radical (unpaired) electrons. The molecule has 0 amide bonds. The van der Waals surface area contributed by atoms with Crippen molar-refractivity contribution in [3.05, 3.63) is 233 Å². The Bertz CT molecular complexity index is 3320. The maximum atomic E-state index is 6.88. The number of ether oxygens (including phenoxy) is 1. The highest BCUT2D eigenvalue weighted by Gasteiger charge is 2.30. The van der Waals surface area contributed by atoms with Gasteiger partial charge in [0.05, 0.1) is 23.4 Å². The minimum atomic E-state index is -0.237. The van der Waals surface area contributed by atoms with Gasteiger partial charge in [-0.2, -0.15) is 0 Å². The molecule has 0 N–H and O–H groups in total. The summed E-state index contributed by atoms with van der Waals surface area (Å²) in [6.45, 7) is 23.7. The van der Waals surface area contributed by atoms with Crippen molar-refractivity contribution in [1.29, 1.82) is 0 Å². The van der Waals surface area contributed by atoms with Crippen molar-refractivity contribution in [3.63, 3.8) is 0 Å². The molecule has 0 unspecified atom stereocenters. The molecule has 0 saturated carbocycles. The van der Waals surface area contributed by atoms with E-state index in [2.05, 4.69) is 272 Å². The van der Waals surface area contributed by atoms with Crippen LogP contribution in [0.2, 0.25) is 0 Å². The lowest BCUT2D eigenvalue weighted by Gasteiger charge is -2.30. The van der Waals surface area contributed by atoms with E-state index in [-0.39, 0.29) is 21.7 Å². The lowest BCUT2D eigenvalue weighted by Crippen LogP contribution is -2.27. The molecule has 5 nitrogen and oxygen atoms in total. The van der Waals surface area contributed by atoms with Crippen molar-refractivity contribution in [2.75, 3.05) is 16.5 Å². The molecule has 0 atom stereocenters. The molecule has 69 heavy (non-hydrogen) atoms. The van der Waals surface area contributed by atoms with Crippen LogP contribution >= 0.6 is 0 Å². The minimum Gasteiger partial charge on any atom is -0.457 e. The van der Waals surface area contributed by atoms with Gasteiger partial charge >= 0.3 is 0 Å². The molecule has 346 valence electrons. The molecule has 7 aromatic carbocycles. The molecule has 2 aromatic heterocycles. The van der Waals surface area contributed by atoms with Crippen LogP contribution in [0.3, 0.4) is 0 Å². The van der Waals surface area contributed by atoms with Crippen molar-refractivity contribution in [3.8, 4) is 17.3 Å². The number of pyridine rings is 1. The van der Waals surface area contributed by atoms with Gasteiger partial charge in [0.2, 0.25) is 0 Å². The van der Waals surface area contributed by atoms with Gasteiger partial charge in [-0.15, -0.1) is 0 Å². The van der Waals surface area contributed by atoms with Crippen molar-refractivity contribution >= 4 is 38.9 Å². The number of hydrogen-bond donors (Lipinski definition) is 0. The van der Waals surface area contributed by atoms with Crippen molar-refractivity contribution in [2.45, 2.75) is 90.9 Å². The quantitative estimate of drug-likeness (QED) is 0.137. The number of fused-ring (bicyclic) bond motifs is 3. The van der Waals surface area contributed by atoms with E-state index in [4.69, 9.17) is 9.72 Å². The van der Waals surface area contributed by atoms with Crippen molar-refractivity contribution in [1.82, 2.24) is 9.55 Å². The standard InChI is InChI=1S/C64H64N4O/c1-61(2,3)49-35-50(62(4,5)6)37-52(36-49)67-43-66(42-59(67)44-21-14-11-15-22-44)51-27-20-28-53(40-51)69-54-30-31-55-56-38-47(63(7,8)45-23-16-12-17-24-45)29-32-57(56)68(58(55)41-54)60-39-48(33-34-65-60)64(9,10)46-25-18-13-19-26-46/h11-42H,43H2,1-10H3. The zero-order valence-corrected chi connectivity index (χ0v) is 41.9. The van der Waals surface area contributed by atoms with E-state index in [0.717, 1.165) is 45.1 Å². The monoisotopic (exact) mass is 905 g/mol. The smallest absolute Gasteiger partial charge is 0.137 e. The zero-order valence-electron chi connectivity index (χ0n) is 41.9. The van der Waals surface area contributed by atoms with Crippen molar-refractivity contribution in [2.24, 2.45) is 0 Å². The summed E-state index contributed by atoms with van der Waals surface area (Å²) >= 11 is 0. The molecule has 0 aliphatic carbocycles. The van der Waals surface area contributed by atoms with E-state index in [1.807, 2.05) is 6.20 Å². The van der Waals surface area contributed by atoms with E-state index in [9.17, 15) is 0 Å². The first-order valence-electron chi connectivity index (χ1n) is 24.4. The predicted octanol–water partition coefficient (Wildman–Crippen LogP) is 16.5. The van der Waals surface area contributed by atoms with Crippen LogP contribution in [0.15, 0.2) is 194 Å². The number of nitrogens with zero attached hydrogens (tertiary/aromatic N) is 4. The number of anilines is 2. The highest BCUT2D eigenvalue weighted by molar-refractivity contribution is 6.10. The van der Waals surface area contributed by atoms with Gasteiger partial charge in [0.15, 0.2) is 0 Å². The van der Waals surface area contributed by atoms with Crippen LogP contribution in [0.5, 0.6) is 11.5 Å². The molecule has 9 aromatic rings. The zero-order chi connectivity index (χ0) is 48.3. The summed E-state index contributed by atoms with van der Waals surface area (Å²) in [7, 11) is 0. The summed E-state index contributed by atoms with van der Waals surface area (Å²) in [5, 5.41) is 2.32. The van der Waals surface area contributed by atoms with Crippen LogP contribution in [0.25, 0.3) is 33.3 Å². The van der Waals surface area contributed by atoms with Crippen LogP contribution in [-0.4, -0.2) is 16.2 Å². The summed E-state index contributed by atoms with van der Waals surface area (Å²) in [5.74, 6) is 2.39. The first-order chi connectivity index (χ1) is 32.9. The Labute approximate surface area is 409 Å². The lowest BCUT2D eigenvalue weighted by molar-refractivity contribution is 0.483. The number of benzene rings is 7. The molecule has 0 bridgehead atoms. The molecular weight excluding hydrogens is 841 g/mol. The maximum Gasteiger partial charge on any atom is 0.137 e. The minimum absolute atomic E-state index is 0.00283. The average Bonchev–Trinajstić information content (AvgIpc) is 3.94. The molecular formula is C64H64N4O. The van der Waals surface area contributed by atoms with Gasteiger partial charge in [0.1, 0.15) is 17.3 Å². The molecule has 1 aliphatic rings. The van der Waals surface area contributed by atoms with Gasteiger partial charge in [-0.25, -0.2) is 4.98 Å². The van der Waals surface area contributed by atoms with E-state index in [0.29, 0.717) is 6.67 Å². The first-order valence-corrected chi connectivity index (χ1v) is 24.4. The fourth-order valence-corrected chi connectivity index (χ4v) is 9.87.